The molecule has 0 aliphatic carbocycles. The van der Waals surface area contributed by atoms with Gasteiger partial charge >= 0.3 is 0 Å². The van der Waals surface area contributed by atoms with Crippen molar-refractivity contribution in [2.45, 2.75) is 38.4 Å². The number of hydrogen-bond acceptors (Lipinski definition) is 4. The first-order chi connectivity index (χ1) is 12.4. The Bertz CT molecular complexity index is 693. The monoisotopic (exact) mass is 509 g/mol. The van der Waals surface area contributed by atoms with Crippen molar-refractivity contribution in [1.29, 1.82) is 0 Å². The molecule has 1 fully saturated rings. The molecule has 8 heteroatoms. The van der Waals surface area contributed by atoms with Gasteiger partial charge in [-0.2, -0.15) is 0 Å². The van der Waals surface area contributed by atoms with Gasteiger partial charge in [0.15, 0.2) is 15.8 Å². The summed E-state index contributed by atoms with van der Waals surface area (Å²) in [6, 6.07) is 9.80. The van der Waals surface area contributed by atoms with E-state index in [-0.39, 0.29) is 29.7 Å². The summed E-state index contributed by atoms with van der Waals surface area (Å²) >= 11 is 0. The molecule has 0 atom stereocenters. The van der Waals surface area contributed by atoms with Crippen LogP contribution in [0.3, 0.4) is 0 Å². The number of nitrogens with zero attached hydrogens (tertiary/aromatic N) is 2. The van der Waals surface area contributed by atoms with Gasteiger partial charge in [0.25, 0.3) is 0 Å². The first kappa shape index (κ1) is 24.0. The summed E-state index contributed by atoms with van der Waals surface area (Å²) in [4.78, 5) is 6.74. The first-order valence-corrected chi connectivity index (χ1v) is 10.9. The zero-order valence-corrected chi connectivity index (χ0v) is 19.6. The highest BCUT2D eigenvalue weighted by atomic mass is 127. The van der Waals surface area contributed by atoms with Gasteiger partial charge in [0.05, 0.1) is 17.1 Å². The van der Waals surface area contributed by atoms with Crippen LogP contribution in [0, 0.1) is 0 Å². The van der Waals surface area contributed by atoms with Gasteiger partial charge < -0.3 is 15.0 Å². The van der Waals surface area contributed by atoms with Crippen LogP contribution in [0.4, 0.5) is 0 Å². The van der Waals surface area contributed by atoms with Gasteiger partial charge in [0, 0.05) is 26.2 Å². The number of aliphatic imine (C=N–C) groups is 1. The molecule has 0 amide bonds. The maximum Gasteiger partial charge on any atom is 0.193 e. The summed E-state index contributed by atoms with van der Waals surface area (Å²) in [5.41, 5.74) is 0. The summed E-state index contributed by atoms with van der Waals surface area (Å²) in [5, 5.41) is 3.28. The standard InChI is InChI=1S/C19H31N3O3S.HI/c1-4-20-18(22-13-15-26(23,24)19(2,3)16-22)21-12-8-9-14-25-17-10-6-5-7-11-17;/h5-7,10-11H,4,8-9,12-16H2,1-3H3,(H,20,21);1H. The van der Waals surface area contributed by atoms with E-state index in [1.807, 2.05) is 37.3 Å². The third-order valence-electron chi connectivity index (χ3n) is 4.50. The number of rotatable bonds is 7. The van der Waals surface area contributed by atoms with Crippen LogP contribution >= 0.6 is 24.0 Å². The predicted molar refractivity (Wildman–Crippen MR) is 122 cm³/mol. The second-order valence-electron chi connectivity index (χ2n) is 7.10. The van der Waals surface area contributed by atoms with E-state index in [0.717, 1.165) is 31.1 Å². The molecule has 0 aromatic heterocycles. The van der Waals surface area contributed by atoms with Crippen molar-refractivity contribution in [2.24, 2.45) is 4.99 Å². The SMILES string of the molecule is CCNC(=NCCCCOc1ccccc1)N1CCS(=O)(=O)C(C)(C)C1.I. The lowest BCUT2D eigenvalue weighted by Gasteiger charge is -2.39. The lowest BCUT2D eigenvalue weighted by atomic mass is 10.2. The molecule has 1 saturated heterocycles. The molecule has 1 aromatic carbocycles. The largest absolute Gasteiger partial charge is 0.494 e. The zero-order chi connectivity index (χ0) is 19.0. The summed E-state index contributed by atoms with van der Waals surface area (Å²) in [7, 11) is -3.04. The normalized spacial score (nSPS) is 18.5. The minimum atomic E-state index is -3.04. The van der Waals surface area contributed by atoms with E-state index in [1.54, 1.807) is 13.8 Å². The molecule has 0 spiro atoms. The fraction of sp³-hybridized carbons (Fsp3) is 0.632. The molecule has 154 valence electrons. The molecule has 1 N–H and O–H groups in total. The van der Waals surface area contributed by atoms with E-state index in [0.29, 0.717) is 26.2 Å². The van der Waals surface area contributed by atoms with Crippen LogP contribution in [-0.2, 0) is 9.84 Å². The third-order valence-corrected chi connectivity index (χ3v) is 7.04. The quantitative estimate of drug-likeness (QED) is 0.265. The van der Waals surface area contributed by atoms with E-state index in [1.165, 1.54) is 0 Å². The Hall–Kier alpha value is -1.03. The van der Waals surface area contributed by atoms with E-state index in [2.05, 4.69) is 15.2 Å². The van der Waals surface area contributed by atoms with Gasteiger partial charge in [-0.15, -0.1) is 24.0 Å². The molecule has 0 radical (unpaired) electrons. The molecule has 1 heterocycles. The predicted octanol–water partition coefficient (Wildman–Crippen LogP) is 2.94. The van der Waals surface area contributed by atoms with Crippen molar-refractivity contribution in [2.75, 3.05) is 38.5 Å². The fourth-order valence-corrected chi connectivity index (χ4v) is 4.22. The number of sulfone groups is 1. The average Bonchev–Trinajstić information content (AvgIpc) is 2.60. The van der Waals surface area contributed by atoms with Gasteiger partial charge in [0.1, 0.15) is 5.75 Å². The van der Waals surface area contributed by atoms with Crippen molar-refractivity contribution in [1.82, 2.24) is 10.2 Å². The molecule has 1 aliphatic rings. The van der Waals surface area contributed by atoms with Crippen LogP contribution in [0.1, 0.15) is 33.6 Å². The minimum absolute atomic E-state index is 0. The van der Waals surface area contributed by atoms with Crippen LogP contribution in [-0.4, -0.2) is 62.6 Å². The number of ether oxygens (including phenoxy) is 1. The fourth-order valence-electron chi connectivity index (χ4n) is 2.86. The van der Waals surface area contributed by atoms with Gasteiger partial charge in [0.2, 0.25) is 0 Å². The first-order valence-electron chi connectivity index (χ1n) is 9.29. The molecule has 0 saturated carbocycles. The Kier molecular flexibility index (Phi) is 9.86. The topological polar surface area (TPSA) is 71.0 Å². The zero-order valence-electron chi connectivity index (χ0n) is 16.5. The number of benzene rings is 1. The lowest BCUT2D eigenvalue weighted by molar-refractivity contribution is 0.307. The maximum atomic E-state index is 12.2. The molecular formula is C19H32IN3O3S. The smallest absolute Gasteiger partial charge is 0.193 e. The molecule has 1 aliphatic heterocycles. The number of nitrogens with one attached hydrogen (secondary N) is 1. The van der Waals surface area contributed by atoms with Crippen LogP contribution < -0.4 is 10.1 Å². The number of guanidine groups is 1. The van der Waals surface area contributed by atoms with Crippen LogP contribution in [0.2, 0.25) is 0 Å². The summed E-state index contributed by atoms with van der Waals surface area (Å²) in [6.45, 7) is 8.70. The highest BCUT2D eigenvalue weighted by molar-refractivity contribution is 14.0. The molecule has 2 rings (SSSR count). The van der Waals surface area contributed by atoms with Crippen molar-refractivity contribution >= 4 is 39.8 Å². The van der Waals surface area contributed by atoms with E-state index < -0.39 is 14.6 Å². The molecule has 0 unspecified atom stereocenters. The van der Waals surface area contributed by atoms with Gasteiger partial charge in [-0.1, -0.05) is 18.2 Å². The molecule has 0 bridgehead atoms. The highest BCUT2D eigenvalue weighted by Gasteiger charge is 2.40. The average molecular weight is 509 g/mol. The molecule has 27 heavy (non-hydrogen) atoms. The second-order valence-corrected chi connectivity index (χ2v) is 9.85. The van der Waals surface area contributed by atoms with E-state index in [4.69, 9.17) is 4.74 Å². The maximum absolute atomic E-state index is 12.2. The van der Waals surface area contributed by atoms with Crippen LogP contribution in [0.15, 0.2) is 35.3 Å². The Morgan fingerprint density at radius 3 is 2.59 bits per heavy atom. The number of hydrogen-bond donors (Lipinski definition) is 1. The number of para-hydroxylation sites is 1. The molecule has 1 aromatic rings. The minimum Gasteiger partial charge on any atom is -0.494 e. The molecular weight excluding hydrogens is 477 g/mol. The molecule has 6 nitrogen and oxygen atoms in total. The van der Waals surface area contributed by atoms with Gasteiger partial charge in [-0.25, -0.2) is 8.42 Å². The van der Waals surface area contributed by atoms with Crippen LogP contribution in [0.25, 0.3) is 0 Å². The van der Waals surface area contributed by atoms with Crippen molar-refractivity contribution in [3.8, 4) is 5.75 Å². The van der Waals surface area contributed by atoms with Crippen LogP contribution in [0.5, 0.6) is 5.75 Å². The van der Waals surface area contributed by atoms with Crippen molar-refractivity contribution < 1.29 is 13.2 Å². The Balaban J connectivity index is 0.00000364. The highest BCUT2D eigenvalue weighted by Crippen LogP contribution is 2.23. The van der Waals surface area contributed by atoms with E-state index in [9.17, 15) is 8.42 Å². The third kappa shape index (κ3) is 7.14. The summed E-state index contributed by atoms with van der Waals surface area (Å²) in [6.07, 6.45) is 1.86. The van der Waals surface area contributed by atoms with Crippen molar-refractivity contribution in [3.05, 3.63) is 30.3 Å². The Morgan fingerprint density at radius 2 is 1.96 bits per heavy atom. The van der Waals surface area contributed by atoms with Crippen molar-refractivity contribution in [3.63, 3.8) is 0 Å². The Morgan fingerprint density at radius 1 is 1.26 bits per heavy atom. The Labute approximate surface area is 180 Å². The number of unbranched alkanes of at least 4 members (excludes halogenated alkanes) is 1. The van der Waals surface area contributed by atoms with Gasteiger partial charge in [-0.05, 0) is 45.7 Å². The van der Waals surface area contributed by atoms with E-state index >= 15 is 0 Å². The summed E-state index contributed by atoms with van der Waals surface area (Å²) in [5.74, 6) is 1.87. The summed E-state index contributed by atoms with van der Waals surface area (Å²) < 4.78 is 29.3. The lowest BCUT2D eigenvalue weighted by Crippen LogP contribution is -2.57. The second kappa shape index (κ2) is 11.1. The van der Waals surface area contributed by atoms with Gasteiger partial charge in [-0.3, -0.25) is 4.99 Å². The number of halogens is 1.